The van der Waals surface area contributed by atoms with Gasteiger partial charge in [-0.05, 0) is 13.8 Å². The van der Waals surface area contributed by atoms with Gasteiger partial charge in [0.15, 0.2) is 12.0 Å². The maximum absolute atomic E-state index is 10.7. The summed E-state index contributed by atoms with van der Waals surface area (Å²) in [5, 5.41) is 20.1. The van der Waals surface area contributed by atoms with Gasteiger partial charge < -0.3 is 24.7 Å². The van der Waals surface area contributed by atoms with Crippen LogP contribution in [0.15, 0.2) is 22.5 Å². The monoisotopic (exact) mass is 362 g/mol. The Morgan fingerprint density at radius 3 is 2.79 bits per heavy atom. The summed E-state index contributed by atoms with van der Waals surface area (Å²) in [6.07, 6.45) is -0.818. The van der Waals surface area contributed by atoms with E-state index < -0.39 is 39.0 Å². The van der Waals surface area contributed by atoms with Crippen LogP contribution in [0.2, 0.25) is 0 Å². The molecule has 0 amide bonds. The van der Waals surface area contributed by atoms with E-state index in [2.05, 4.69) is 19.5 Å². The molecule has 0 saturated carbocycles. The summed E-state index contributed by atoms with van der Waals surface area (Å²) in [6.45, 7) is 3.02. The highest BCUT2D eigenvalue weighted by Gasteiger charge is 2.45. The first-order valence-corrected chi connectivity index (χ1v) is 8.49. The Morgan fingerprint density at radius 1 is 1.46 bits per heavy atom. The van der Waals surface area contributed by atoms with Crippen molar-refractivity contribution >= 4 is 25.7 Å². The highest BCUT2D eigenvalue weighted by Crippen LogP contribution is 2.38. The average molecular weight is 362 g/mol. The fourth-order valence-electron chi connectivity index (χ4n) is 2.06. The van der Waals surface area contributed by atoms with Gasteiger partial charge in [0.1, 0.15) is 24.7 Å². The molecule has 4 N–H and O–H groups in total. The highest BCUT2D eigenvalue weighted by molar-refractivity contribution is 7.46. The minimum Gasteiger partial charge on any atom is -0.387 e. The number of nitrogens with zero attached hydrogens (tertiary/aromatic N) is 4. The molecule has 2 heterocycles. The molecule has 11 nitrogen and oxygen atoms in total. The summed E-state index contributed by atoms with van der Waals surface area (Å²) in [5.41, 5.74) is 0.798. The molecule has 1 aliphatic heterocycles. The summed E-state index contributed by atoms with van der Waals surface area (Å²) >= 11 is 0. The van der Waals surface area contributed by atoms with Crippen LogP contribution in [0, 0.1) is 0 Å². The SMILES string of the molecule is CC(C)=NC=Nc1cncn1[C@@H]1O[C@H](COP(=O)(O)O)C(O)C1O. The summed E-state index contributed by atoms with van der Waals surface area (Å²) in [4.78, 5) is 29.4. The fraction of sp³-hybridized carbons (Fsp3) is 0.583. The van der Waals surface area contributed by atoms with Crippen LogP contribution in [0.1, 0.15) is 20.1 Å². The van der Waals surface area contributed by atoms with Crippen molar-refractivity contribution in [1.82, 2.24) is 9.55 Å². The van der Waals surface area contributed by atoms with Gasteiger partial charge in [-0.1, -0.05) is 0 Å². The Labute approximate surface area is 137 Å². The molecule has 0 radical (unpaired) electrons. The number of hydrogen-bond donors (Lipinski definition) is 4. The van der Waals surface area contributed by atoms with Gasteiger partial charge in [0.05, 0.1) is 19.1 Å². The first kappa shape index (κ1) is 18.9. The van der Waals surface area contributed by atoms with Gasteiger partial charge in [0.2, 0.25) is 0 Å². The van der Waals surface area contributed by atoms with Crippen molar-refractivity contribution < 1.29 is 33.8 Å². The van der Waals surface area contributed by atoms with Crippen molar-refractivity contribution in [3.8, 4) is 0 Å². The predicted octanol–water partition coefficient (Wildman–Crippen LogP) is -0.248. The van der Waals surface area contributed by atoms with Gasteiger partial charge in [-0.15, -0.1) is 0 Å². The van der Waals surface area contributed by atoms with Crippen molar-refractivity contribution in [3.63, 3.8) is 0 Å². The molecule has 134 valence electrons. The Bertz CT molecular complexity index is 666. The lowest BCUT2D eigenvalue weighted by Gasteiger charge is -2.17. The second kappa shape index (κ2) is 7.62. The minimum atomic E-state index is -4.71. The molecule has 24 heavy (non-hydrogen) atoms. The Kier molecular flexibility index (Phi) is 5.99. The molecule has 0 aliphatic carbocycles. The van der Waals surface area contributed by atoms with E-state index in [4.69, 9.17) is 14.5 Å². The number of aliphatic imine (C=N–C) groups is 2. The maximum atomic E-state index is 10.7. The zero-order valence-electron chi connectivity index (χ0n) is 13.0. The third-order valence-corrected chi connectivity index (χ3v) is 3.66. The van der Waals surface area contributed by atoms with Crippen LogP contribution >= 0.6 is 7.82 Å². The van der Waals surface area contributed by atoms with Crippen LogP contribution < -0.4 is 0 Å². The van der Waals surface area contributed by atoms with Crippen molar-refractivity contribution in [1.29, 1.82) is 0 Å². The molecule has 1 aromatic rings. The molecule has 2 unspecified atom stereocenters. The molecule has 1 saturated heterocycles. The van der Waals surface area contributed by atoms with Crippen molar-refractivity contribution in [2.45, 2.75) is 38.4 Å². The van der Waals surface area contributed by atoms with E-state index in [9.17, 15) is 14.8 Å². The number of rotatable bonds is 6. The van der Waals surface area contributed by atoms with Crippen LogP contribution in [0.25, 0.3) is 0 Å². The van der Waals surface area contributed by atoms with Crippen molar-refractivity contribution in [2.24, 2.45) is 9.98 Å². The van der Waals surface area contributed by atoms with Gasteiger partial charge in [-0.3, -0.25) is 9.09 Å². The molecule has 0 aromatic carbocycles. The minimum absolute atomic E-state index is 0.327. The smallest absolute Gasteiger partial charge is 0.387 e. The molecule has 12 heteroatoms. The third kappa shape index (κ3) is 4.77. The van der Waals surface area contributed by atoms with E-state index in [0.717, 1.165) is 5.71 Å². The standard InChI is InChI=1S/C12H19N4O7P/c1-7(2)14-5-15-9-3-13-6-16(9)12-11(18)10(17)8(23-12)4-22-24(19,20)21/h3,5-6,8,10-12,17-18H,4H2,1-2H3,(H2,19,20,21)/t8-,10?,11?,12-/m1/s1. The van der Waals surface area contributed by atoms with Crippen LogP contribution in [0.4, 0.5) is 5.82 Å². The summed E-state index contributed by atoms with van der Waals surface area (Å²) in [6, 6.07) is 0. The number of aliphatic hydroxyl groups excluding tert-OH is 2. The first-order valence-electron chi connectivity index (χ1n) is 6.96. The van der Waals surface area contributed by atoms with Gasteiger partial charge in [0.25, 0.3) is 0 Å². The van der Waals surface area contributed by atoms with Crippen LogP contribution in [-0.2, 0) is 13.8 Å². The molecule has 1 aliphatic rings. The first-order chi connectivity index (χ1) is 11.2. The number of ether oxygens (including phenoxy) is 1. The molecule has 2 rings (SSSR count). The molecule has 0 spiro atoms. The van der Waals surface area contributed by atoms with E-state index in [1.165, 1.54) is 23.4 Å². The van der Waals surface area contributed by atoms with Crippen LogP contribution in [0.3, 0.4) is 0 Å². The normalized spacial score (nSPS) is 27.8. The number of aromatic nitrogens is 2. The molecule has 4 atom stereocenters. The molecular weight excluding hydrogens is 343 g/mol. The molecular formula is C12H19N4O7P. The van der Waals surface area contributed by atoms with Crippen LogP contribution in [0.5, 0.6) is 0 Å². The van der Waals surface area contributed by atoms with Crippen LogP contribution in [-0.4, -0.2) is 66.5 Å². The molecule has 1 fully saturated rings. The predicted molar refractivity (Wildman–Crippen MR) is 83.1 cm³/mol. The summed E-state index contributed by atoms with van der Waals surface area (Å²) in [7, 11) is -4.71. The Morgan fingerprint density at radius 2 is 2.17 bits per heavy atom. The maximum Gasteiger partial charge on any atom is 0.469 e. The van der Waals surface area contributed by atoms with E-state index in [0.29, 0.717) is 5.82 Å². The molecule has 1 aromatic heterocycles. The highest BCUT2D eigenvalue weighted by atomic mass is 31.2. The third-order valence-electron chi connectivity index (χ3n) is 3.17. The van der Waals surface area contributed by atoms with Crippen molar-refractivity contribution in [3.05, 3.63) is 12.5 Å². The topological polar surface area (TPSA) is 159 Å². The lowest BCUT2D eigenvalue weighted by molar-refractivity contribution is -0.0512. The lowest BCUT2D eigenvalue weighted by atomic mass is 10.1. The zero-order valence-corrected chi connectivity index (χ0v) is 13.9. The van der Waals surface area contributed by atoms with Gasteiger partial charge in [-0.2, -0.15) is 0 Å². The lowest BCUT2D eigenvalue weighted by Crippen LogP contribution is -2.33. The van der Waals surface area contributed by atoms with Gasteiger partial charge in [-0.25, -0.2) is 19.5 Å². The van der Waals surface area contributed by atoms with E-state index in [-0.39, 0.29) is 0 Å². The number of aliphatic hydroxyl groups is 2. The number of phosphoric acid groups is 1. The largest absolute Gasteiger partial charge is 0.469 e. The van der Waals surface area contributed by atoms with E-state index in [1.807, 2.05) is 0 Å². The number of hydrogen-bond acceptors (Lipinski definition) is 7. The van der Waals surface area contributed by atoms with Crippen molar-refractivity contribution in [2.75, 3.05) is 6.61 Å². The molecule has 0 bridgehead atoms. The average Bonchev–Trinajstić information content (AvgIpc) is 3.03. The number of imidazole rings is 1. The zero-order chi connectivity index (χ0) is 17.9. The Balaban J connectivity index is 2.13. The quantitative estimate of drug-likeness (QED) is 0.306. The van der Waals surface area contributed by atoms with Gasteiger partial charge >= 0.3 is 7.82 Å². The summed E-state index contributed by atoms with van der Waals surface area (Å²) < 4.78 is 21.9. The summed E-state index contributed by atoms with van der Waals surface area (Å²) in [5.74, 6) is 0.327. The fourth-order valence-corrected chi connectivity index (χ4v) is 2.41. The van der Waals surface area contributed by atoms with E-state index >= 15 is 0 Å². The second-order valence-electron chi connectivity index (χ2n) is 5.31. The second-order valence-corrected chi connectivity index (χ2v) is 6.55. The Hall–Kier alpha value is -1.46. The van der Waals surface area contributed by atoms with E-state index in [1.54, 1.807) is 13.8 Å². The number of phosphoric ester groups is 1. The van der Waals surface area contributed by atoms with Gasteiger partial charge in [0, 0.05) is 5.71 Å².